The Kier molecular flexibility index (Phi) is 2.80. The van der Waals surface area contributed by atoms with Crippen molar-refractivity contribution in [2.24, 2.45) is 0 Å². The van der Waals surface area contributed by atoms with Crippen LogP contribution in [0.2, 0.25) is 10.0 Å². The van der Waals surface area contributed by atoms with Gasteiger partial charge in [0, 0.05) is 16.8 Å². The standard InChI is InChI=1S/C11H8Cl2N2/c12-8-3-1-7(2-4-8)10-9(13)5-6-15-11(10)14/h1-6H,(H2,14,15). The van der Waals surface area contributed by atoms with Gasteiger partial charge in [-0.1, -0.05) is 35.3 Å². The smallest absolute Gasteiger partial charge is 0.132 e. The lowest BCUT2D eigenvalue weighted by atomic mass is 10.1. The SMILES string of the molecule is Nc1nccc(Cl)c1-c1ccc(Cl)cc1. The minimum atomic E-state index is 0.421. The maximum Gasteiger partial charge on any atom is 0.132 e. The highest BCUT2D eigenvalue weighted by molar-refractivity contribution is 6.34. The van der Waals surface area contributed by atoms with Gasteiger partial charge in [0.1, 0.15) is 5.82 Å². The van der Waals surface area contributed by atoms with E-state index in [2.05, 4.69) is 4.98 Å². The molecule has 2 N–H and O–H groups in total. The molecular formula is C11H8Cl2N2. The van der Waals surface area contributed by atoms with E-state index in [1.165, 1.54) is 0 Å². The molecule has 0 atom stereocenters. The highest BCUT2D eigenvalue weighted by atomic mass is 35.5. The van der Waals surface area contributed by atoms with E-state index < -0.39 is 0 Å². The lowest BCUT2D eigenvalue weighted by Gasteiger charge is -2.06. The number of anilines is 1. The van der Waals surface area contributed by atoms with Crippen LogP contribution in [0, 0.1) is 0 Å². The van der Waals surface area contributed by atoms with E-state index >= 15 is 0 Å². The van der Waals surface area contributed by atoms with Crippen molar-refractivity contribution in [3.63, 3.8) is 0 Å². The summed E-state index contributed by atoms with van der Waals surface area (Å²) in [5.41, 5.74) is 7.42. The molecule has 1 aromatic heterocycles. The Morgan fingerprint density at radius 2 is 1.67 bits per heavy atom. The largest absolute Gasteiger partial charge is 0.383 e. The number of rotatable bonds is 1. The van der Waals surface area contributed by atoms with Gasteiger partial charge >= 0.3 is 0 Å². The third kappa shape index (κ3) is 2.06. The highest BCUT2D eigenvalue weighted by Gasteiger charge is 2.07. The van der Waals surface area contributed by atoms with E-state index in [4.69, 9.17) is 28.9 Å². The van der Waals surface area contributed by atoms with Crippen LogP contribution in [0.5, 0.6) is 0 Å². The minimum Gasteiger partial charge on any atom is -0.383 e. The summed E-state index contributed by atoms with van der Waals surface area (Å²) in [6.45, 7) is 0. The summed E-state index contributed by atoms with van der Waals surface area (Å²) in [5.74, 6) is 0.421. The second kappa shape index (κ2) is 4.09. The van der Waals surface area contributed by atoms with Gasteiger partial charge in [0.2, 0.25) is 0 Å². The van der Waals surface area contributed by atoms with Crippen molar-refractivity contribution in [2.45, 2.75) is 0 Å². The minimum absolute atomic E-state index is 0.421. The van der Waals surface area contributed by atoms with E-state index in [9.17, 15) is 0 Å². The fraction of sp³-hybridized carbons (Fsp3) is 0. The first kappa shape index (κ1) is 10.3. The Hall–Kier alpha value is -1.25. The number of hydrogen-bond donors (Lipinski definition) is 1. The van der Waals surface area contributed by atoms with Crippen LogP contribution in [0.4, 0.5) is 5.82 Å². The Morgan fingerprint density at radius 1 is 1.00 bits per heavy atom. The van der Waals surface area contributed by atoms with Gasteiger partial charge in [0.05, 0.1) is 5.02 Å². The first-order chi connectivity index (χ1) is 7.18. The molecule has 1 heterocycles. The van der Waals surface area contributed by atoms with Gasteiger partial charge in [0.25, 0.3) is 0 Å². The van der Waals surface area contributed by atoms with Crippen LogP contribution in [-0.4, -0.2) is 4.98 Å². The lowest BCUT2D eigenvalue weighted by molar-refractivity contribution is 1.34. The fourth-order valence-electron chi connectivity index (χ4n) is 1.36. The predicted octanol–water partition coefficient (Wildman–Crippen LogP) is 3.64. The molecule has 2 nitrogen and oxygen atoms in total. The first-order valence-corrected chi connectivity index (χ1v) is 5.10. The molecule has 0 unspecified atom stereocenters. The van der Waals surface area contributed by atoms with Crippen LogP contribution < -0.4 is 5.73 Å². The van der Waals surface area contributed by atoms with Crippen molar-refractivity contribution in [3.05, 3.63) is 46.6 Å². The zero-order chi connectivity index (χ0) is 10.8. The monoisotopic (exact) mass is 238 g/mol. The molecule has 0 saturated heterocycles. The summed E-state index contributed by atoms with van der Waals surface area (Å²) in [6, 6.07) is 9.02. The summed E-state index contributed by atoms with van der Waals surface area (Å²) in [6.07, 6.45) is 1.58. The Labute approximate surface area is 97.7 Å². The molecule has 76 valence electrons. The Balaban J connectivity index is 2.58. The number of pyridine rings is 1. The molecule has 0 spiro atoms. The van der Waals surface area contributed by atoms with Gasteiger partial charge in [-0.15, -0.1) is 0 Å². The van der Waals surface area contributed by atoms with E-state index in [0.29, 0.717) is 15.9 Å². The van der Waals surface area contributed by atoms with Gasteiger partial charge < -0.3 is 5.73 Å². The van der Waals surface area contributed by atoms with Crippen molar-refractivity contribution < 1.29 is 0 Å². The van der Waals surface area contributed by atoms with E-state index in [0.717, 1.165) is 11.1 Å². The van der Waals surface area contributed by atoms with Crippen LogP contribution in [0.15, 0.2) is 36.5 Å². The summed E-state index contributed by atoms with van der Waals surface area (Å²) in [4.78, 5) is 4.00. The molecule has 15 heavy (non-hydrogen) atoms. The van der Waals surface area contributed by atoms with Gasteiger partial charge in [-0.25, -0.2) is 4.98 Å². The van der Waals surface area contributed by atoms with Crippen LogP contribution in [0.3, 0.4) is 0 Å². The van der Waals surface area contributed by atoms with Gasteiger partial charge in [-0.05, 0) is 23.8 Å². The average molecular weight is 239 g/mol. The van der Waals surface area contributed by atoms with Crippen molar-refractivity contribution in [3.8, 4) is 11.1 Å². The van der Waals surface area contributed by atoms with E-state index in [1.807, 2.05) is 12.1 Å². The van der Waals surface area contributed by atoms with Crippen molar-refractivity contribution >= 4 is 29.0 Å². The molecule has 2 aromatic rings. The summed E-state index contributed by atoms with van der Waals surface area (Å²) >= 11 is 11.8. The van der Waals surface area contributed by atoms with Crippen LogP contribution >= 0.6 is 23.2 Å². The molecule has 2 rings (SSSR count). The third-order valence-corrected chi connectivity index (χ3v) is 2.63. The molecule has 1 aromatic carbocycles. The summed E-state index contributed by atoms with van der Waals surface area (Å²) in [7, 11) is 0. The number of aromatic nitrogens is 1. The topological polar surface area (TPSA) is 38.9 Å². The fourth-order valence-corrected chi connectivity index (χ4v) is 1.74. The third-order valence-electron chi connectivity index (χ3n) is 2.06. The molecule has 0 aliphatic heterocycles. The Bertz CT molecular complexity index is 460. The Morgan fingerprint density at radius 3 is 2.27 bits per heavy atom. The maximum absolute atomic E-state index is 6.05. The van der Waals surface area contributed by atoms with Gasteiger partial charge in [-0.2, -0.15) is 0 Å². The zero-order valence-electron chi connectivity index (χ0n) is 7.74. The summed E-state index contributed by atoms with van der Waals surface area (Å²) in [5, 5.41) is 1.27. The molecule has 0 fully saturated rings. The number of nitrogen functional groups attached to an aromatic ring is 1. The van der Waals surface area contributed by atoms with Crippen molar-refractivity contribution in [2.75, 3.05) is 5.73 Å². The molecule has 0 saturated carbocycles. The molecular weight excluding hydrogens is 231 g/mol. The highest BCUT2D eigenvalue weighted by Crippen LogP contribution is 2.32. The van der Waals surface area contributed by atoms with Crippen molar-refractivity contribution in [1.29, 1.82) is 0 Å². The molecule has 0 aliphatic rings. The number of halogens is 2. The number of benzene rings is 1. The molecule has 0 amide bonds. The molecule has 0 aliphatic carbocycles. The van der Waals surface area contributed by atoms with Gasteiger partial charge in [0.15, 0.2) is 0 Å². The predicted molar refractivity (Wildman–Crippen MR) is 64.1 cm³/mol. The number of nitrogens with two attached hydrogens (primary N) is 1. The average Bonchev–Trinajstić information content (AvgIpc) is 2.20. The van der Waals surface area contributed by atoms with E-state index in [1.54, 1.807) is 24.4 Å². The molecule has 0 bridgehead atoms. The molecule has 4 heteroatoms. The normalized spacial score (nSPS) is 10.3. The first-order valence-electron chi connectivity index (χ1n) is 4.34. The van der Waals surface area contributed by atoms with Crippen LogP contribution in [-0.2, 0) is 0 Å². The maximum atomic E-state index is 6.05. The van der Waals surface area contributed by atoms with E-state index in [-0.39, 0.29) is 0 Å². The second-order valence-electron chi connectivity index (χ2n) is 3.06. The summed E-state index contributed by atoms with van der Waals surface area (Å²) < 4.78 is 0. The van der Waals surface area contributed by atoms with Gasteiger partial charge in [-0.3, -0.25) is 0 Å². The van der Waals surface area contributed by atoms with Crippen LogP contribution in [0.1, 0.15) is 0 Å². The zero-order valence-corrected chi connectivity index (χ0v) is 9.26. The lowest BCUT2D eigenvalue weighted by Crippen LogP contribution is -1.94. The van der Waals surface area contributed by atoms with Crippen LogP contribution in [0.25, 0.3) is 11.1 Å². The number of hydrogen-bond acceptors (Lipinski definition) is 2. The second-order valence-corrected chi connectivity index (χ2v) is 3.90. The quantitative estimate of drug-likeness (QED) is 0.825. The van der Waals surface area contributed by atoms with Crippen molar-refractivity contribution in [1.82, 2.24) is 4.98 Å². The molecule has 0 radical (unpaired) electrons. The number of nitrogens with zero attached hydrogens (tertiary/aromatic N) is 1.